The zero-order valence-corrected chi connectivity index (χ0v) is 7.34. The summed E-state index contributed by atoms with van der Waals surface area (Å²) in [5.41, 5.74) is 0.118. The fourth-order valence-electron chi connectivity index (χ4n) is 1.19. The van der Waals surface area contributed by atoms with Crippen molar-refractivity contribution < 1.29 is 15.0 Å². The molecule has 0 fully saturated rings. The number of thiophene rings is 1. The lowest BCUT2D eigenvalue weighted by Gasteiger charge is -2.01. The Morgan fingerprint density at radius 1 is 1.31 bits per heavy atom. The molecule has 4 heteroatoms. The first-order valence-corrected chi connectivity index (χ1v) is 4.49. The molecule has 0 spiro atoms. The molecule has 0 saturated carbocycles. The van der Waals surface area contributed by atoms with Crippen LogP contribution in [0.2, 0.25) is 0 Å². The van der Waals surface area contributed by atoms with Gasteiger partial charge in [0.15, 0.2) is 17.8 Å². The second-order valence-corrected chi connectivity index (χ2v) is 3.56. The molecule has 13 heavy (non-hydrogen) atoms. The van der Waals surface area contributed by atoms with Gasteiger partial charge in [-0.1, -0.05) is 0 Å². The van der Waals surface area contributed by atoms with Gasteiger partial charge in [0.25, 0.3) is 0 Å². The van der Waals surface area contributed by atoms with Crippen LogP contribution in [0.25, 0.3) is 10.1 Å². The number of hydrogen-bond acceptors (Lipinski definition) is 4. The molecule has 0 atom stereocenters. The van der Waals surface area contributed by atoms with Crippen molar-refractivity contribution in [1.29, 1.82) is 0 Å². The van der Waals surface area contributed by atoms with Gasteiger partial charge in [0.1, 0.15) is 0 Å². The molecule has 0 aliphatic rings. The average Bonchev–Trinajstić information content (AvgIpc) is 2.59. The molecule has 0 aliphatic carbocycles. The zero-order chi connectivity index (χ0) is 9.42. The molecule has 1 aromatic carbocycles. The number of carbonyl (C=O) groups is 1. The molecule has 66 valence electrons. The van der Waals surface area contributed by atoms with Crippen LogP contribution >= 0.6 is 11.3 Å². The maximum atomic E-state index is 10.5. The molecule has 2 aromatic rings. The standard InChI is InChI=1S/C9H6O3S/c10-4-5-3-7-6(1-2-13-7)9(12)8(5)11/h1-4,11-12H. The van der Waals surface area contributed by atoms with E-state index in [-0.39, 0.29) is 17.1 Å². The minimum absolute atomic E-state index is 0.118. The third-order valence-corrected chi connectivity index (χ3v) is 2.73. The third-order valence-electron chi connectivity index (χ3n) is 1.86. The first-order valence-electron chi connectivity index (χ1n) is 3.61. The van der Waals surface area contributed by atoms with Crippen LogP contribution in [-0.4, -0.2) is 16.5 Å². The quantitative estimate of drug-likeness (QED) is 0.540. The van der Waals surface area contributed by atoms with E-state index in [0.29, 0.717) is 11.7 Å². The summed E-state index contributed by atoms with van der Waals surface area (Å²) < 4.78 is 0.789. The normalized spacial score (nSPS) is 10.5. The summed E-state index contributed by atoms with van der Waals surface area (Å²) in [5, 5.41) is 21.2. The van der Waals surface area contributed by atoms with Crippen molar-refractivity contribution in [3.8, 4) is 11.5 Å². The van der Waals surface area contributed by atoms with Gasteiger partial charge >= 0.3 is 0 Å². The highest BCUT2D eigenvalue weighted by Crippen LogP contribution is 2.38. The Labute approximate surface area is 77.9 Å². The van der Waals surface area contributed by atoms with Crippen LogP contribution in [0.5, 0.6) is 11.5 Å². The summed E-state index contributed by atoms with van der Waals surface area (Å²) in [6.07, 6.45) is 0.522. The van der Waals surface area contributed by atoms with Crippen LogP contribution in [0.15, 0.2) is 17.5 Å². The third kappa shape index (κ3) is 1.07. The second kappa shape index (κ2) is 2.74. The van der Waals surface area contributed by atoms with Crippen LogP contribution < -0.4 is 0 Å². The summed E-state index contributed by atoms with van der Waals surface area (Å²) in [6.45, 7) is 0. The lowest BCUT2D eigenvalue weighted by molar-refractivity contribution is 0.112. The van der Waals surface area contributed by atoms with Crippen molar-refractivity contribution >= 4 is 27.7 Å². The van der Waals surface area contributed by atoms with Crippen molar-refractivity contribution in [2.75, 3.05) is 0 Å². The Balaban J connectivity index is 2.91. The fraction of sp³-hybridized carbons (Fsp3) is 0. The Hall–Kier alpha value is -1.55. The van der Waals surface area contributed by atoms with Gasteiger partial charge in [0.2, 0.25) is 0 Å². The summed E-state index contributed by atoms with van der Waals surface area (Å²) in [6, 6.07) is 3.26. The number of aldehydes is 1. The van der Waals surface area contributed by atoms with Crippen LogP contribution in [0.4, 0.5) is 0 Å². The van der Waals surface area contributed by atoms with Gasteiger partial charge in [-0.05, 0) is 17.5 Å². The number of fused-ring (bicyclic) bond motifs is 1. The van der Waals surface area contributed by atoms with E-state index in [1.165, 1.54) is 11.3 Å². The summed E-state index contributed by atoms with van der Waals surface area (Å²) in [5.74, 6) is -0.568. The smallest absolute Gasteiger partial charge is 0.168 e. The summed E-state index contributed by atoms with van der Waals surface area (Å²) in [7, 11) is 0. The number of carbonyl (C=O) groups excluding carboxylic acids is 1. The van der Waals surface area contributed by atoms with Gasteiger partial charge < -0.3 is 10.2 Å². The van der Waals surface area contributed by atoms with Crippen molar-refractivity contribution in [3.63, 3.8) is 0 Å². The molecule has 0 saturated heterocycles. The second-order valence-electron chi connectivity index (χ2n) is 2.61. The number of benzene rings is 1. The van der Waals surface area contributed by atoms with Crippen molar-refractivity contribution in [1.82, 2.24) is 0 Å². The molecule has 0 aliphatic heterocycles. The molecule has 0 bridgehead atoms. The molecule has 2 rings (SSSR count). The predicted octanol–water partition coefficient (Wildman–Crippen LogP) is 2.12. The maximum Gasteiger partial charge on any atom is 0.168 e. The molecular formula is C9H6O3S. The van der Waals surface area contributed by atoms with Gasteiger partial charge in [-0.2, -0.15) is 0 Å². The van der Waals surface area contributed by atoms with Crippen LogP contribution in [-0.2, 0) is 0 Å². The monoisotopic (exact) mass is 194 g/mol. The predicted molar refractivity (Wildman–Crippen MR) is 50.5 cm³/mol. The Morgan fingerprint density at radius 3 is 2.77 bits per heavy atom. The highest BCUT2D eigenvalue weighted by Gasteiger charge is 2.11. The molecule has 0 unspecified atom stereocenters. The first-order chi connectivity index (χ1) is 6.24. The van der Waals surface area contributed by atoms with Gasteiger partial charge in [-0.25, -0.2) is 0 Å². The molecule has 0 radical (unpaired) electrons. The van der Waals surface area contributed by atoms with Crippen LogP contribution in [0, 0.1) is 0 Å². The summed E-state index contributed by atoms with van der Waals surface area (Å²) >= 11 is 1.41. The van der Waals surface area contributed by atoms with E-state index in [9.17, 15) is 15.0 Å². The molecule has 1 aromatic heterocycles. The molecule has 3 nitrogen and oxygen atoms in total. The Bertz CT molecular complexity index is 473. The van der Waals surface area contributed by atoms with Crippen LogP contribution in [0.3, 0.4) is 0 Å². The van der Waals surface area contributed by atoms with Gasteiger partial charge in [0, 0.05) is 10.1 Å². The maximum absolute atomic E-state index is 10.5. The van der Waals surface area contributed by atoms with E-state index < -0.39 is 0 Å². The molecule has 0 amide bonds. The van der Waals surface area contributed by atoms with Crippen molar-refractivity contribution in [2.45, 2.75) is 0 Å². The largest absolute Gasteiger partial charge is 0.504 e. The lowest BCUT2D eigenvalue weighted by atomic mass is 10.1. The molecular weight excluding hydrogens is 188 g/mol. The number of phenols is 2. The van der Waals surface area contributed by atoms with Gasteiger partial charge in [-0.15, -0.1) is 11.3 Å². The van der Waals surface area contributed by atoms with Gasteiger partial charge in [-0.3, -0.25) is 4.79 Å². The van der Waals surface area contributed by atoms with E-state index in [1.54, 1.807) is 17.5 Å². The zero-order valence-electron chi connectivity index (χ0n) is 6.52. The minimum atomic E-state index is -0.346. The molecule has 2 N–H and O–H groups in total. The van der Waals surface area contributed by atoms with E-state index in [0.717, 1.165) is 4.70 Å². The lowest BCUT2D eigenvalue weighted by Crippen LogP contribution is -1.81. The number of aromatic hydroxyl groups is 2. The highest BCUT2D eigenvalue weighted by molar-refractivity contribution is 7.17. The summed E-state index contributed by atoms with van der Waals surface area (Å²) in [4.78, 5) is 10.5. The number of phenolic OH excluding ortho intramolecular Hbond substituents is 2. The van der Waals surface area contributed by atoms with E-state index in [4.69, 9.17) is 0 Å². The van der Waals surface area contributed by atoms with Crippen molar-refractivity contribution in [2.24, 2.45) is 0 Å². The first kappa shape index (κ1) is 8.07. The Morgan fingerprint density at radius 2 is 2.08 bits per heavy atom. The molecule has 1 heterocycles. The van der Waals surface area contributed by atoms with Crippen LogP contribution in [0.1, 0.15) is 10.4 Å². The fourth-order valence-corrected chi connectivity index (χ4v) is 2.03. The highest BCUT2D eigenvalue weighted by atomic mass is 32.1. The minimum Gasteiger partial charge on any atom is -0.504 e. The van der Waals surface area contributed by atoms with E-state index in [2.05, 4.69) is 0 Å². The SMILES string of the molecule is O=Cc1cc2sccc2c(O)c1O. The van der Waals surface area contributed by atoms with Crippen molar-refractivity contribution in [3.05, 3.63) is 23.1 Å². The average molecular weight is 194 g/mol. The number of rotatable bonds is 1. The van der Waals surface area contributed by atoms with E-state index >= 15 is 0 Å². The number of hydrogen-bond donors (Lipinski definition) is 2. The van der Waals surface area contributed by atoms with E-state index in [1.807, 2.05) is 0 Å². The Kier molecular flexibility index (Phi) is 1.70. The van der Waals surface area contributed by atoms with Gasteiger partial charge in [0.05, 0.1) is 5.56 Å². The topological polar surface area (TPSA) is 57.5 Å².